The lowest BCUT2D eigenvalue weighted by molar-refractivity contribution is 0.0636. The van der Waals surface area contributed by atoms with Crippen molar-refractivity contribution in [2.45, 2.75) is 33.3 Å². The van der Waals surface area contributed by atoms with E-state index in [0.29, 0.717) is 11.3 Å². The molecule has 0 bridgehead atoms. The number of rotatable bonds is 2. The highest BCUT2D eigenvalue weighted by Gasteiger charge is 2.18. The van der Waals surface area contributed by atoms with Gasteiger partial charge in [0.05, 0.1) is 5.69 Å². The first-order valence-corrected chi connectivity index (χ1v) is 6.83. The summed E-state index contributed by atoms with van der Waals surface area (Å²) in [6, 6.07) is 3.24. The molecule has 0 aliphatic carbocycles. The van der Waals surface area contributed by atoms with Crippen molar-refractivity contribution in [1.82, 2.24) is 9.97 Å². The van der Waals surface area contributed by atoms with Crippen molar-refractivity contribution < 1.29 is 13.9 Å². The Labute approximate surface area is 128 Å². The third kappa shape index (κ3) is 4.00. The van der Waals surface area contributed by atoms with Gasteiger partial charge in [0.1, 0.15) is 5.60 Å². The van der Waals surface area contributed by atoms with Gasteiger partial charge in [0, 0.05) is 29.7 Å². The fraction of sp³-hybridized carbons (Fsp3) is 0.312. The van der Waals surface area contributed by atoms with Gasteiger partial charge in [0.25, 0.3) is 0 Å². The van der Waals surface area contributed by atoms with Crippen LogP contribution < -0.4 is 5.32 Å². The second-order valence-corrected chi connectivity index (χ2v) is 5.90. The predicted octanol–water partition coefficient (Wildman–Crippen LogP) is 3.94. The monoisotopic (exact) mass is 303 g/mol. The Kier molecular flexibility index (Phi) is 4.40. The molecule has 0 spiro atoms. The summed E-state index contributed by atoms with van der Waals surface area (Å²) in [6.07, 6.45) is 3.82. The van der Waals surface area contributed by atoms with Crippen LogP contribution in [0.3, 0.4) is 0 Å². The summed E-state index contributed by atoms with van der Waals surface area (Å²) in [7, 11) is 0. The minimum absolute atomic E-state index is 0.277. The molecule has 0 aliphatic rings. The lowest BCUT2D eigenvalue weighted by Gasteiger charge is -2.20. The summed E-state index contributed by atoms with van der Waals surface area (Å²) < 4.78 is 19.2. The number of nitrogens with zero attached hydrogens (tertiary/aromatic N) is 2. The van der Waals surface area contributed by atoms with E-state index >= 15 is 0 Å². The first kappa shape index (κ1) is 15.9. The molecule has 0 aromatic carbocycles. The summed E-state index contributed by atoms with van der Waals surface area (Å²) >= 11 is 0. The van der Waals surface area contributed by atoms with Crippen LogP contribution in [-0.4, -0.2) is 21.7 Å². The van der Waals surface area contributed by atoms with Crippen molar-refractivity contribution >= 4 is 11.8 Å². The zero-order valence-electron chi connectivity index (χ0n) is 13.0. The minimum atomic E-state index is -0.620. The van der Waals surface area contributed by atoms with E-state index in [1.165, 1.54) is 18.6 Å². The fourth-order valence-electron chi connectivity index (χ4n) is 1.87. The zero-order chi connectivity index (χ0) is 16.3. The maximum Gasteiger partial charge on any atom is 0.412 e. The normalized spacial score (nSPS) is 11.1. The molecule has 0 aliphatic heterocycles. The second-order valence-electron chi connectivity index (χ2n) is 5.90. The average molecular weight is 303 g/mol. The van der Waals surface area contributed by atoms with E-state index in [-0.39, 0.29) is 5.56 Å². The van der Waals surface area contributed by atoms with Crippen molar-refractivity contribution in [2.75, 3.05) is 5.32 Å². The van der Waals surface area contributed by atoms with Gasteiger partial charge in [-0.3, -0.25) is 10.3 Å². The van der Waals surface area contributed by atoms with Crippen LogP contribution >= 0.6 is 0 Å². The molecule has 0 saturated heterocycles. The van der Waals surface area contributed by atoms with Crippen molar-refractivity contribution in [3.05, 3.63) is 42.2 Å². The molecule has 0 radical (unpaired) electrons. The largest absolute Gasteiger partial charge is 0.444 e. The van der Waals surface area contributed by atoms with Gasteiger partial charge in [-0.1, -0.05) is 0 Å². The summed E-state index contributed by atoms with van der Waals surface area (Å²) in [5, 5.41) is 2.62. The Balaban J connectivity index is 2.35. The van der Waals surface area contributed by atoms with Crippen LogP contribution in [-0.2, 0) is 4.74 Å². The van der Waals surface area contributed by atoms with Crippen molar-refractivity contribution in [3.63, 3.8) is 0 Å². The van der Waals surface area contributed by atoms with E-state index < -0.39 is 17.6 Å². The molecule has 0 fully saturated rings. The van der Waals surface area contributed by atoms with Crippen LogP contribution in [0, 0.1) is 12.9 Å². The smallest absolute Gasteiger partial charge is 0.412 e. The predicted molar refractivity (Wildman–Crippen MR) is 82.0 cm³/mol. The fourth-order valence-corrected chi connectivity index (χ4v) is 1.87. The van der Waals surface area contributed by atoms with Gasteiger partial charge in [-0.25, -0.2) is 9.78 Å². The summed E-state index contributed by atoms with van der Waals surface area (Å²) in [5.74, 6) is -0.620. The maximum absolute atomic E-state index is 14.0. The molecule has 5 nitrogen and oxygen atoms in total. The number of hydrogen-bond donors (Lipinski definition) is 1. The molecule has 1 N–H and O–H groups in total. The summed E-state index contributed by atoms with van der Waals surface area (Å²) in [6.45, 7) is 7.12. The van der Waals surface area contributed by atoms with E-state index in [0.717, 1.165) is 5.56 Å². The topological polar surface area (TPSA) is 64.1 Å². The molecule has 1 amide bonds. The summed E-state index contributed by atoms with van der Waals surface area (Å²) in [4.78, 5) is 19.6. The third-order valence-electron chi connectivity index (χ3n) is 2.72. The van der Waals surface area contributed by atoms with Crippen LogP contribution in [0.1, 0.15) is 26.3 Å². The van der Waals surface area contributed by atoms with Gasteiger partial charge < -0.3 is 4.74 Å². The van der Waals surface area contributed by atoms with E-state index in [1.54, 1.807) is 32.9 Å². The highest BCUT2D eigenvalue weighted by atomic mass is 19.1. The maximum atomic E-state index is 14.0. The Morgan fingerprint density at radius 1 is 1.27 bits per heavy atom. The van der Waals surface area contributed by atoms with Crippen molar-refractivity contribution in [1.29, 1.82) is 0 Å². The minimum Gasteiger partial charge on any atom is -0.444 e. The molecule has 22 heavy (non-hydrogen) atoms. The quantitative estimate of drug-likeness (QED) is 0.854. The number of halogens is 1. The van der Waals surface area contributed by atoms with E-state index in [2.05, 4.69) is 15.3 Å². The molecular formula is C16H18FN3O2. The van der Waals surface area contributed by atoms with Crippen LogP contribution in [0.2, 0.25) is 0 Å². The molecular weight excluding hydrogens is 285 g/mol. The van der Waals surface area contributed by atoms with Gasteiger partial charge in [0.2, 0.25) is 5.95 Å². The lowest BCUT2D eigenvalue weighted by atomic mass is 10.1. The van der Waals surface area contributed by atoms with E-state index in [1.807, 2.05) is 6.92 Å². The van der Waals surface area contributed by atoms with Crippen LogP contribution in [0.4, 0.5) is 14.9 Å². The highest BCUT2D eigenvalue weighted by Crippen LogP contribution is 2.29. The summed E-state index contributed by atoms with van der Waals surface area (Å²) in [5.41, 5.74) is 1.33. The number of nitrogens with one attached hydrogen (secondary N) is 1. The van der Waals surface area contributed by atoms with Crippen LogP contribution in [0.25, 0.3) is 11.1 Å². The second kappa shape index (κ2) is 6.09. The van der Waals surface area contributed by atoms with E-state index in [9.17, 15) is 9.18 Å². The Hall–Kier alpha value is -2.50. The van der Waals surface area contributed by atoms with E-state index in [4.69, 9.17) is 4.74 Å². The van der Waals surface area contributed by atoms with Crippen molar-refractivity contribution in [3.8, 4) is 11.1 Å². The van der Waals surface area contributed by atoms with Crippen LogP contribution in [0.5, 0.6) is 0 Å². The first-order valence-electron chi connectivity index (χ1n) is 6.83. The molecule has 2 rings (SSSR count). The number of aryl methyl sites for hydroxylation is 1. The number of pyridine rings is 2. The van der Waals surface area contributed by atoms with Crippen LogP contribution in [0.15, 0.2) is 30.7 Å². The van der Waals surface area contributed by atoms with Gasteiger partial charge >= 0.3 is 6.09 Å². The van der Waals surface area contributed by atoms with Gasteiger partial charge in [-0.05, 0) is 45.4 Å². The zero-order valence-corrected chi connectivity index (χ0v) is 13.0. The van der Waals surface area contributed by atoms with Gasteiger partial charge in [-0.15, -0.1) is 0 Å². The lowest BCUT2D eigenvalue weighted by Crippen LogP contribution is -2.27. The van der Waals surface area contributed by atoms with Crippen molar-refractivity contribution in [2.24, 2.45) is 0 Å². The molecule has 0 atom stereocenters. The average Bonchev–Trinajstić information content (AvgIpc) is 2.40. The number of aromatic nitrogens is 2. The Morgan fingerprint density at radius 2 is 2.00 bits per heavy atom. The SMILES string of the molecule is Cc1cnc(F)c(-c2cnccc2NC(=O)OC(C)(C)C)c1. The molecule has 0 unspecified atom stereocenters. The van der Waals surface area contributed by atoms with Gasteiger partial charge in [0.15, 0.2) is 0 Å². The Bertz CT molecular complexity index is 696. The molecule has 0 saturated carbocycles. The number of hydrogen-bond acceptors (Lipinski definition) is 4. The molecule has 6 heteroatoms. The standard InChI is InChI=1S/C16H18FN3O2/c1-10-7-11(14(17)19-8-10)12-9-18-6-5-13(12)20-15(21)22-16(2,3)4/h5-9H,1-4H3,(H,18,20,21). The molecule has 2 heterocycles. The Morgan fingerprint density at radius 3 is 2.68 bits per heavy atom. The molecule has 2 aromatic heterocycles. The third-order valence-corrected chi connectivity index (χ3v) is 2.72. The van der Waals surface area contributed by atoms with Gasteiger partial charge in [-0.2, -0.15) is 4.39 Å². The number of carbonyl (C=O) groups excluding carboxylic acids is 1. The number of anilines is 1. The number of carbonyl (C=O) groups is 1. The molecule has 116 valence electrons. The number of ether oxygens (including phenoxy) is 1. The highest BCUT2D eigenvalue weighted by molar-refractivity contribution is 5.91. The molecule has 2 aromatic rings. The first-order chi connectivity index (χ1) is 10.3. The number of amides is 1.